The van der Waals surface area contributed by atoms with Crippen molar-refractivity contribution in [3.63, 3.8) is 0 Å². The molecule has 7 nitrogen and oxygen atoms in total. The van der Waals surface area contributed by atoms with Gasteiger partial charge in [-0.3, -0.25) is 4.79 Å². The molecule has 5 atom stereocenters. The van der Waals surface area contributed by atoms with Gasteiger partial charge in [-0.15, -0.1) is 0 Å². The summed E-state index contributed by atoms with van der Waals surface area (Å²) in [5.41, 5.74) is 2.89. The Hall–Kier alpha value is -3.07. The first-order chi connectivity index (χ1) is 17.6. The molecule has 1 heterocycles. The van der Waals surface area contributed by atoms with Crippen molar-refractivity contribution in [3.05, 3.63) is 108 Å². The van der Waals surface area contributed by atoms with Gasteiger partial charge >= 0.3 is 5.97 Å². The minimum Gasteiger partial charge on any atom is -0.457 e. The SMILES string of the molecule is CC(=O)O[C@@H]1[C@H](O)[C@@H](OCc2ccccc2)[C@@H](OCc2ccccc2)O[C@@H]1COCc1ccccc1. The number of esters is 1. The van der Waals surface area contributed by atoms with Gasteiger partial charge in [-0.1, -0.05) is 91.0 Å². The van der Waals surface area contributed by atoms with Gasteiger partial charge in [0, 0.05) is 6.92 Å². The van der Waals surface area contributed by atoms with Crippen molar-refractivity contribution in [2.24, 2.45) is 0 Å². The van der Waals surface area contributed by atoms with E-state index >= 15 is 0 Å². The first-order valence-corrected chi connectivity index (χ1v) is 12.0. The maximum absolute atomic E-state index is 11.9. The first kappa shape index (κ1) is 26.0. The van der Waals surface area contributed by atoms with Gasteiger partial charge in [0.05, 0.1) is 26.4 Å². The summed E-state index contributed by atoms with van der Waals surface area (Å²) in [6.07, 6.45) is -4.69. The number of carbonyl (C=O) groups is 1. The van der Waals surface area contributed by atoms with Gasteiger partial charge in [0.15, 0.2) is 12.4 Å². The fourth-order valence-corrected chi connectivity index (χ4v) is 4.06. The fourth-order valence-electron chi connectivity index (χ4n) is 4.06. The molecule has 7 heteroatoms. The van der Waals surface area contributed by atoms with Gasteiger partial charge in [0.2, 0.25) is 0 Å². The zero-order valence-corrected chi connectivity index (χ0v) is 20.3. The van der Waals surface area contributed by atoms with E-state index in [-0.39, 0.29) is 19.8 Å². The van der Waals surface area contributed by atoms with Gasteiger partial charge in [-0.2, -0.15) is 0 Å². The highest BCUT2D eigenvalue weighted by Crippen LogP contribution is 2.29. The molecule has 0 aromatic heterocycles. The summed E-state index contributed by atoms with van der Waals surface area (Å²) < 4.78 is 29.7. The van der Waals surface area contributed by atoms with E-state index in [1.54, 1.807) is 0 Å². The Bertz CT molecular complexity index is 1040. The van der Waals surface area contributed by atoms with E-state index < -0.39 is 36.7 Å². The van der Waals surface area contributed by atoms with Gasteiger partial charge < -0.3 is 28.8 Å². The molecular formula is C29H32O7. The molecule has 1 aliphatic heterocycles. The monoisotopic (exact) mass is 492 g/mol. The highest BCUT2D eigenvalue weighted by Gasteiger charge is 2.48. The number of ether oxygens (including phenoxy) is 5. The molecular weight excluding hydrogens is 460 g/mol. The minimum absolute atomic E-state index is 0.0977. The maximum Gasteiger partial charge on any atom is 0.303 e. The third kappa shape index (κ3) is 7.46. The van der Waals surface area contributed by atoms with Crippen LogP contribution in [0.5, 0.6) is 0 Å². The van der Waals surface area contributed by atoms with E-state index in [9.17, 15) is 9.90 Å². The Morgan fingerprint density at radius 2 is 1.25 bits per heavy atom. The fraction of sp³-hybridized carbons (Fsp3) is 0.345. The molecule has 1 saturated heterocycles. The van der Waals surface area contributed by atoms with Crippen molar-refractivity contribution in [2.45, 2.75) is 57.5 Å². The van der Waals surface area contributed by atoms with Crippen LogP contribution in [0.1, 0.15) is 23.6 Å². The third-order valence-corrected chi connectivity index (χ3v) is 5.85. The Kier molecular flexibility index (Phi) is 9.61. The van der Waals surface area contributed by atoms with Crippen LogP contribution >= 0.6 is 0 Å². The predicted molar refractivity (Wildman–Crippen MR) is 133 cm³/mol. The molecule has 190 valence electrons. The summed E-state index contributed by atoms with van der Waals surface area (Å²) in [5.74, 6) is -0.527. The summed E-state index contributed by atoms with van der Waals surface area (Å²) in [6, 6.07) is 29.0. The Balaban J connectivity index is 1.48. The second-order valence-corrected chi connectivity index (χ2v) is 8.67. The summed E-state index contributed by atoms with van der Waals surface area (Å²) in [4.78, 5) is 11.9. The van der Waals surface area contributed by atoms with Crippen LogP contribution in [0.3, 0.4) is 0 Å². The topological polar surface area (TPSA) is 83.5 Å². The van der Waals surface area contributed by atoms with Crippen molar-refractivity contribution in [2.75, 3.05) is 6.61 Å². The van der Waals surface area contributed by atoms with Crippen LogP contribution in [0.15, 0.2) is 91.0 Å². The lowest BCUT2D eigenvalue weighted by Gasteiger charge is -2.43. The number of hydrogen-bond donors (Lipinski definition) is 1. The summed E-state index contributed by atoms with van der Waals surface area (Å²) >= 11 is 0. The van der Waals surface area contributed by atoms with Crippen molar-refractivity contribution >= 4 is 5.97 Å². The second-order valence-electron chi connectivity index (χ2n) is 8.67. The second kappa shape index (κ2) is 13.3. The molecule has 3 aromatic rings. The lowest BCUT2D eigenvalue weighted by atomic mass is 9.98. The number of aliphatic hydroxyl groups excluding tert-OH is 1. The number of aliphatic hydroxyl groups is 1. The maximum atomic E-state index is 11.9. The first-order valence-electron chi connectivity index (χ1n) is 12.0. The van der Waals surface area contributed by atoms with E-state index in [1.165, 1.54) is 6.92 Å². The normalized spacial score (nSPS) is 23.8. The molecule has 0 radical (unpaired) electrons. The van der Waals surface area contributed by atoms with E-state index in [1.807, 2.05) is 91.0 Å². The Morgan fingerprint density at radius 1 is 0.750 bits per heavy atom. The average Bonchev–Trinajstić information content (AvgIpc) is 2.90. The molecule has 1 fully saturated rings. The lowest BCUT2D eigenvalue weighted by molar-refractivity contribution is -0.318. The molecule has 4 rings (SSSR count). The van der Waals surface area contributed by atoms with Crippen LogP contribution in [0.2, 0.25) is 0 Å². The molecule has 0 saturated carbocycles. The zero-order valence-electron chi connectivity index (χ0n) is 20.3. The number of carbonyl (C=O) groups excluding carboxylic acids is 1. The van der Waals surface area contributed by atoms with Crippen LogP contribution < -0.4 is 0 Å². The number of hydrogen-bond acceptors (Lipinski definition) is 7. The molecule has 36 heavy (non-hydrogen) atoms. The Morgan fingerprint density at radius 3 is 1.78 bits per heavy atom. The molecule has 3 aromatic carbocycles. The molecule has 0 spiro atoms. The van der Waals surface area contributed by atoms with E-state index in [4.69, 9.17) is 23.7 Å². The zero-order chi connectivity index (χ0) is 25.2. The van der Waals surface area contributed by atoms with Crippen LogP contribution in [0.25, 0.3) is 0 Å². The smallest absolute Gasteiger partial charge is 0.303 e. The van der Waals surface area contributed by atoms with E-state index in [0.717, 1.165) is 16.7 Å². The van der Waals surface area contributed by atoms with Crippen molar-refractivity contribution < 1.29 is 33.6 Å². The lowest BCUT2D eigenvalue weighted by Crippen LogP contribution is -2.61. The molecule has 1 aliphatic rings. The Labute approximate surface area is 211 Å². The molecule has 0 aliphatic carbocycles. The van der Waals surface area contributed by atoms with E-state index in [2.05, 4.69) is 0 Å². The number of rotatable bonds is 11. The van der Waals surface area contributed by atoms with Crippen molar-refractivity contribution in [1.29, 1.82) is 0 Å². The van der Waals surface area contributed by atoms with E-state index in [0.29, 0.717) is 6.61 Å². The standard InChI is InChI=1S/C29H32O7/c1-21(30)35-27-25(20-32-17-22-11-5-2-6-12-22)36-29(34-19-24-15-9-4-10-16-24)28(26(27)31)33-18-23-13-7-3-8-14-23/h2-16,25-29,31H,17-20H2,1H3/t25-,26+,27+,28-,29+/m1/s1. The molecule has 0 unspecified atom stereocenters. The van der Waals surface area contributed by atoms with Crippen molar-refractivity contribution in [3.8, 4) is 0 Å². The molecule has 1 N–H and O–H groups in total. The summed E-state index contributed by atoms with van der Waals surface area (Å²) in [6.45, 7) is 2.25. The molecule has 0 bridgehead atoms. The third-order valence-electron chi connectivity index (χ3n) is 5.85. The predicted octanol–water partition coefficient (Wildman–Crippen LogP) is 4.02. The van der Waals surface area contributed by atoms with Crippen LogP contribution in [0.4, 0.5) is 0 Å². The van der Waals surface area contributed by atoms with Crippen molar-refractivity contribution in [1.82, 2.24) is 0 Å². The highest BCUT2D eigenvalue weighted by molar-refractivity contribution is 5.66. The van der Waals surface area contributed by atoms with Gasteiger partial charge in [-0.05, 0) is 16.7 Å². The summed E-state index contributed by atoms with van der Waals surface area (Å²) in [5, 5.41) is 11.3. The molecule has 0 amide bonds. The van der Waals surface area contributed by atoms with Crippen LogP contribution in [-0.2, 0) is 48.3 Å². The van der Waals surface area contributed by atoms with Gasteiger partial charge in [0.25, 0.3) is 0 Å². The largest absolute Gasteiger partial charge is 0.457 e. The highest BCUT2D eigenvalue weighted by atomic mass is 16.7. The summed E-state index contributed by atoms with van der Waals surface area (Å²) in [7, 11) is 0. The minimum atomic E-state index is -1.18. The average molecular weight is 493 g/mol. The van der Waals surface area contributed by atoms with Gasteiger partial charge in [-0.25, -0.2) is 0 Å². The van der Waals surface area contributed by atoms with Crippen LogP contribution in [0, 0.1) is 0 Å². The number of benzene rings is 3. The quantitative estimate of drug-likeness (QED) is 0.405. The van der Waals surface area contributed by atoms with Crippen LogP contribution in [-0.4, -0.2) is 48.4 Å². The van der Waals surface area contributed by atoms with Gasteiger partial charge in [0.1, 0.15) is 18.3 Å².